The predicted octanol–water partition coefficient (Wildman–Crippen LogP) is 2.42. The van der Waals surface area contributed by atoms with E-state index in [0.717, 1.165) is 37.5 Å². The fourth-order valence-corrected chi connectivity index (χ4v) is 2.10. The van der Waals surface area contributed by atoms with E-state index in [1.54, 1.807) is 0 Å². The van der Waals surface area contributed by atoms with Crippen LogP contribution in [0, 0.1) is 6.92 Å². The van der Waals surface area contributed by atoms with E-state index in [1.165, 1.54) is 0 Å². The molecule has 0 bridgehead atoms. The maximum Gasteiger partial charge on any atom is 0.224 e. The number of nitrogens with one attached hydrogen (secondary N) is 1. The highest BCUT2D eigenvalue weighted by molar-refractivity contribution is 6.28. The molecule has 1 aromatic heterocycles. The second kappa shape index (κ2) is 4.55. The Morgan fingerprint density at radius 1 is 1.56 bits per heavy atom. The number of halogens is 1. The second-order valence-electron chi connectivity index (χ2n) is 4.42. The predicted molar refractivity (Wildman–Crippen MR) is 63.9 cm³/mol. The van der Waals surface area contributed by atoms with Crippen molar-refractivity contribution in [2.75, 3.05) is 18.5 Å². The number of hydrogen-bond donors (Lipinski definition) is 1. The largest absolute Gasteiger partial charge is 0.373 e. The van der Waals surface area contributed by atoms with E-state index in [-0.39, 0.29) is 10.9 Å². The van der Waals surface area contributed by atoms with Crippen LogP contribution in [0.25, 0.3) is 0 Å². The highest BCUT2D eigenvalue weighted by Crippen LogP contribution is 2.25. The van der Waals surface area contributed by atoms with E-state index in [0.29, 0.717) is 0 Å². The fourth-order valence-electron chi connectivity index (χ4n) is 1.88. The van der Waals surface area contributed by atoms with Crippen LogP contribution < -0.4 is 5.32 Å². The summed E-state index contributed by atoms with van der Waals surface area (Å²) in [6.45, 7) is 5.61. The van der Waals surface area contributed by atoms with Crippen molar-refractivity contribution in [3.63, 3.8) is 0 Å². The number of rotatable bonds is 3. The van der Waals surface area contributed by atoms with E-state index in [2.05, 4.69) is 22.2 Å². The number of aryl methyl sites for hydroxylation is 1. The first-order chi connectivity index (χ1) is 7.57. The monoisotopic (exact) mass is 241 g/mol. The maximum atomic E-state index is 5.79. The van der Waals surface area contributed by atoms with Gasteiger partial charge in [-0.2, -0.15) is 0 Å². The summed E-state index contributed by atoms with van der Waals surface area (Å²) < 4.78 is 5.68. The fraction of sp³-hybridized carbons (Fsp3) is 0.636. The summed E-state index contributed by atoms with van der Waals surface area (Å²) in [5.41, 5.74) is 0.783. The van der Waals surface area contributed by atoms with Crippen molar-refractivity contribution in [1.82, 2.24) is 9.97 Å². The number of hydrogen-bond acceptors (Lipinski definition) is 4. The van der Waals surface area contributed by atoms with Gasteiger partial charge in [0.25, 0.3) is 0 Å². The first kappa shape index (κ1) is 11.6. The summed E-state index contributed by atoms with van der Waals surface area (Å²) in [7, 11) is 0. The Balaban J connectivity index is 1.98. The quantitative estimate of drug-likeness (QED) is 0.826. The van der Waals surface area contributed by atoms with Crippen molar-refractivity contribution in [2.45, 2.75) is 32.3 Å². The molecule has 5 heteroatoms. The third-order valence-electron chi connectivity index (χ3n) is 2.77. The van der Waals surface area contributed by atoms with Gasteiger partial charge in [0.2, 0.25) is 5.28 Å². The molecule has 1 aliphatic heterocycles. The van der Waals surface area contributed by atoms with Crippen molar-refractivity contribution >= 4 is 17.4 Å². The Kier molecular flexibility index (Phi) is 3.30. The summed E-state index contributed by atoms with van der Waals surface area (Å²) >= 11 is 5.79. The molecule has 0 spiro atoms. The van der Waals surface area contributed by atoms with Crippen molar-refractivity contribution < 1.29 is 4.74 Å². The van der Waals surface area contributed by atoms with Crippen molar-refractivity contribution in [1.29, 1.82) is 0 Å². The van der Waals surface area contributed by atoms with E-state index >= 15 is 0 Å². The van der Waals surface area contributed by atoms with Gasteiger partial charge >= 0.3 is 0 Å². The molecule has 2 rings (SSSR count). The van der Waals surface area contributed by atoms with Crippen LogP contribution in [0.15, 0.2) is 6.07 Å². The molecule has 0 amide bonds. The molecule has 1 aliphatic rings. The lowest BCUT2D eigenvalue weighted by molar-refractivity contribution is 0.0315. The van der Waals surface area contributed by atoms with Gasteiger partial charge in [0, 0.05) is 24.9 Å². The molecule has 0 aromatic carbocycles. The van der Waals surface area contributed by atoms with Crippen molar-refractivity contribution in [3.05, 3.63) is 17.0 Å². The van der Waals surface area contributed by atoms with Crippen LogP contribution in [0.5, 0.6) is 0 Å². The highest BCUT2D eigenvalue weighted by Gasteiger charge is 2.29. The topological polar surface area (TPSA) is 47.0 Å². The molecule has 88 valence electrons. The maximum absolute atomic E-state index is 5.79. The number of ether oxygens (including phenoxy) is 1. The van der Waals surface area contributed by atoms with E-state index < -0.39 is 0 Å². The molecule has 1 saturated heterocycles. The third-order valence-corrected chi connectivity index (χ3v) is 2.94. The minimum absolute atomic E-state index is 0.0780. The minimum Gasteiger partial charge on any atom is -0.373 e. The summed E-state index contributed by atoms with van der Waals surface area (Å²) in [6.07, 6.45) is 2.21. The molecule has 1 fully saturated rings. The van der Waals surface area contributed by atoms with Crippen LogP contribution in [0.4, 0.5) is 5.82 Å². The lowest BCUT2D eigenvalue weighted by atomic mass is 10.0. The van der Waals surface area contributed by atoms with Gasteiger partial charge in [-0.15, -0.1) is 0 Å². The van der Waals surface area contributed by atoms with Crippen molar-refractivity contribution in [2.24, 2.45) is 0 Å². The first-order valence-electron chi connectivity index (χ1n) is 5.46. The average molecular weight is 242 g/mol. The van der Waals surface area contributed by atoms with Crippen LogP contribution in [0.3, 0.4) is 0 Å². The summed E-state index contributed by atoms with van der Waals surface area (Å²) in [5, 5.41) is 3.53. The number of aromatic nitrogens is 2. The lowest BCUT2D eigenvalue weighted by Gasteiger charge is -2.23. The Labute approximate surface area is 100 Å². The first-order valence-corrected chi connectivity index (χ1v) is 5.84. The number of anilines is 1. The number of nitrogens with zero attached hydrogens (tertiary/aromatic N) is 2. The van der Waals surface area contributed by atoms with E-state index in [1.807, 2.05) is 13.0 Å². The third kappa shape index (κ3) is 2.83. The van der Waals surface area contributed by atoms with Crippen LogP contribution >= 0.6 is 11.6 Å². The molecular formula is C11H16ClN3O. The molecule has 1 aromatic rings. The van der Waals surface area contributed by atoms with Gasteiger partial charge in [-0.3, -0.25) is 0 Å². The molecule has 4 nitrogen and oxygen atoms in total. The van der Waals surface area contributed by atoms with Gasteiger partial charge in [-0.05, 0) is 38.3 Å². The smallest absolute Gasteiger partial charge is 0.224 e. The van der Waals surface area contributed by atoms with Crippen LogP contribution in [0.1, 0.15) is 25.5 Å². The summed E-state index contributed by atoms with van der Waals surface area (Å²) in [6, 6.07) is 1.88. The molecule has 1 unspecified atom stereocenters. The zero-order valence-corrected chi connectivity index (χ0v) is 10.3. The van der Waals surface area contributed by atoms with Crippen LogP contribution in [0.2, 0.25) is 5.28 Å². The highest BCUT2D eigenvalue weighted by atomic mass is 35.5. The van der Waals surface area contributed by atoms with E-state index in [9.17, 15) is 0 Å². The van der Waals surface area contributed by atoms with Crippen molar-refractivity contribution in [3.8, 4) is 0 Å². The lowest BCUT2D eigenvalue weighted by Crippen LogP contribution is -2.32. The second-order valence-corrected chi connectivity index (χ2v) is 4.76. The molecule has 1 N–H and O–H groups in total. The van der Waals surface area contributed by atoms with E-state index in [4.69, 9.17) is 16.3 Å². The van der Waals surface area contributed by atoms with Gasteiger partial charge in [-0.1, -0.05) is 0 Å². The average Bonchev–Trinajstić information content (AvgIpc) is 2.62. The minimum atomic E-state index is -0.0780. The van der Waals surface area contributed by atoms with Gasteiger partial charge in [0.1, 0.15) is 5.82 Å². The van der Waals surface area contributed by atoms with Crippen LogP contribution in [-0.2, 0) is 4.74 Å². The molecule has 16 heavy (non-hydrogen) atoms. The standard InChI is InChI=1S/C11H16ClN3O/c1-8-6-9(15-10(12)14-8)13-7-11(2)4-3-5-16-11/h6H,3-5,7H2,1-2H3,(H,13,14,15). The van der Waals surface area contributed by atoms with Gasteiger partial charge in [0.05, 0.1) is 5.60 Å². The van der Waals surface area contributed by atoms with Gasteiger partial charge < -0.3 is 10.1 Å². The Morgan fingerprint density at radius 2 is 2.38 bits per heavy atom. The molecule has 0 radical (unpaired) electrons. The summed E-state index contributed by atoms with van der Waals surface area (Å²) in [4.78, 5) is 8.13. The molecule has 2 heterocycles. The van der Waals surface area contributed by atoms with Gasteiger partial charge in [-0.25, -0.2) is 9.97 Å². The normalized spacial score (nSPS) is 24.7. The SMILES string of the molecule is Cc1cc(NCC2(C)CCCO2)nc(Cl)n1. The molecule has 1 atom stereocenters. The summed E-state index contributed by atoms with van der Waals surface area (Å²) in [5.74, 6) is 0.759. The Hall–Kier alpha value is -0.870. The molecule has 0 aliphatic carbocycles. The Bertz CT molecular complexity index is 357. The molecular weight excluding hydrogens is 226 g/mol. The van der Waals surface area contributed by atoms with Gasteiger partial charge in [0.15, 0.2) is 0 Å². The molecule has 0 saturated carbocycles. The zero-order chi connectivity index (χ0) is 11.6. The van der Waals surface area contributed by atoms with Crippen LogP contribution in [-0.4, -0.2) is 28.7 Å². The zero-order valence-electron chi connectivity index (χ0n) is 9.59. The Morgan fingerprint density at radius 3 is 3.00 bits per heavy atom.